The van der Waals surface area contributed by atoms with Crippen molar-refractivity contribution in [2.75, 3.05) is 30.4 Å². The molecule has 10 heteroatoms. The van der Waals surface area contributed by atoms with Crippen molar-refractivity contribution < 1.29 is 13.6 Å². The first kappa shape index (κ1) is 27.0. The molecule has 2 aromatic carbocycles. The Balaban J connectivity index is 1.87. The van der Waals surface area contributed by atoms with Crippen molar-refractivity contribution in [3.8, 4) is 11.3 Å². The van der Waals surface area contributed by atoms with Gasteiger partial charge in [0.2, 0.25) is 5.95 Å². The third-order valence-electron chi connectivity index (χ3n) is 6.63. The number of aromatic nitrogens is 2. The average Bonchev–Trinajstić information content (AvgIpc) is 2.91. The van der Waals surface area contributed by atoms with E-state index in [4.69, 9.17) is 4.98 Å². The molecule has 1 aromatic heterocycles. The number of halogens is 2. The van der Waals surface area contributed by atoms with Gasteiger partial charge >= 0.3 is 6.03 Å². The molecule has 1 unspecified atom stereocenters. The predicted octanol–water partition coefficient (Wildman–Crippen LogP) is 5.08. The second kappa shape index (κ2) is 11.6. The van der Waals surface area contributed by atoms with E-state index in [9.17, 15) is 13.6 Å². The minimum Gasteiger partial charge on any atom is -0.388 e. The number of hydrogen-bond donors (Lipinski definition) is 4. The Labute approximate surface area is 221 Å². The summed E-state index contributed by atoms with van der Waals surface area (Å²) in [7, 11) is 1.79. The molecule has 2 heterocycles. The van der Waals surface area contributed by atoms with Crippen molar-refractivity contribution in [3.05, 3.63) is 71.3 Å². The highest BCUT2D eigenvalue weighted by Gasteiger charge is 2.34. The van der Waals surface area contributed by atoms with Gasteiger partial charge in [0, 0.05) is 43.0 Å². The Morgan fingerprint density at radius 1 is 1.18 bits per heavy atom. The van der Waals surface area contributed by atoms with Gasteiger partial charge in [-0.15, -0.1) is 0 Å². The smallest absolute Gasteiger partial charge is 0.328 e. The van der Waals surface area contributed by atoms with Crippen molar-refractivity contribution >= 4 is 29.2 Å². The first-order valence-corrected chi connectivity index (χ1v) is 12.6. The fourth-order valence-corrected chi connectivity index (χ4v) is 4.22. The molecule has 4 N–H and O–H groups in total. The van der Waals surface area contributed by atoms with E-state index in [0.717, 1.165) is 45.8 Å². The number of carbonyl (C=O) groups is 1. The Morgan fingerprint density at radius 2 is 1.92 bits per heavy atom. The normalized spacial score (nSPS) is 13.5. The summed E-state index contributed by atoms with van der Waals surface area (Å²) in [6.07, 6.45) is 0.991. The number of carbonyl (C=O) groups excluding carboxylic acids is 1. The SMILES string of the molecule is C=C(NC)c1ccc(C)c(-c2nc(NCCNC(C)CC)nc3c2CNC(=O)N3c2c(F)cccc2F)c1. The standard InChI is InChI=1S/C28H33F2N7O/c1-6-17(3)32-12-13-33-27-35-24(20-14-19(18(4)31-5)11-10-16(20)2)21-15-34-28(38)37(26(21)36-27)25-22(29)8-7-9-23(25)30/h7-11,14,17,31-32H,4,6,12-13,15H2,1-3,5H3,(H,34,38)(H,33,35,36). The van der Waals surface area contributed by atoms with Gasteiger partial charge in [0.15, 0.2) is 5.82 Å². The zero-order valence-corrected chi connectivity index (χ0v) is 22.1. The molecule has 0 fully saturated rings. The minimum atomic E-state index is -0.871. The average molecular weight is 522 g/mol. The van der Waals surface area contributed by atoms with Crippen molar-refractivity contribution in [1.29, 1.82) is 0 Å². The number of urea groups is 1. The molecule has 3 aromatic rings. The highest BCUT2D eigenvalue weighted by Crippen LogP contribution is 2.39. The zero-order chi connectivity index (χ0) is 27.4. The summed E-state index contributed by atoms with van der Waals surface area (Å²) in [6, 6.07) is 9.01. The molecule has 0 spiro atoms. The summed E-state index contributed by atoms with van der Waals surface area (Å²) < 4.78 is 29.8. The van der Waals surface area contributed by atoms with E-state index in [1.807, 2.05) is 25.1 Å². The fourth-order valence-electron chi connectivity index (χ4n) is 4.22. The lowest BCUT2D eigenvalue weighted by atomic mass is 9.97. The lowest BCUT2D eigenvalue weighted by Gasteiger charge is -2.31. The topological polar surface area (TPSA) is 94.2 Å². The Hall–Kier alpha value is -4.05. The molecule has 0 saturated carbocycles. The van der Waals surface area contributed by atoms with E-state index in [1.54, 1.807) is 7.05 Å². The molecule has 2 amide bonds. The second-order valence-corrected chi connectivity index (χ2v) is 9.21. The second-order valence-electron chi connectivity index (χ2n) is 9.21. The Bertz CT molecular complexity index is 1340. The number of amides is 2. The van der Waals surface area contributed by atoms with Gasteiger partial charge in [-0.1, -0.05) is 31.7 Å². The molecule has 0 radical (unpaired) electrons. The maximum atomic E-state index is 14.9. The molecular weight excluding hydrogens is 488 g/mol. The number of para-hydroxylation sites is 1. The van der Waals surface area contributed by atoms with Crippen LogP contribution in [0.2, 0.25) is 0 Å². The van der Waals surface area contributed by atoms with Gasteiger partial charge in [-0.2, -0.15) is 4.98 Å². The van der Waals surface area contributed by atoms with Crippen LogP contribution in [0.1, 0.15) is 37.0 Å². The highest BCUT2D eigenvalue weighted by atomic mass is 19.1. The van der Waals surface area contributed by atoms with Crippen LogP contribution in [0, 0.1) is 18.6 Å². The van der Waals surface area contributed by atoms with Crippen LogP contribution < -0.4 is 26.2 Å². The number of nitrogens with one attached hydrogen (secondary N) is 4. The molecule has 0 saturated heterocycles. The first-order chi connectivity index (χ1) is 18.2. The van der Waals surface area contributed by atoms with E-state index < -0.39 is 23.4 Å². The number of nitrogens with zero attached hydrogens (tertiary/aromatic N) is 3. The maximum absolute atomic E-state index is 14.9. The molecule has 38 heavy (non-hydrogen) atoms. The van der Waals surface area contributed by atoms with E-state index in [-0.39, 0.29) is 18.3 Å². The van der Waals surface area contributed by atoms with Gasteiger partial charge < -0.3 is 21.3 Å². The van der Waals surface area contributed by atoms with Crippen molar-refractivity contribution in [3.63, 3.8) is 0 Å². The third-order valence-corrected chi connectivity index (χ3v) is 6.63. The van der Waals surface area contributed by atoms with E-state index in [0.29, 0.717) is 30.4 Å². The number of benzene rings is 2. The largest absolute Gasteiger partial charge is 0.388 e. The van der Waals surface area contributed by atoms with E-state index in [1.165, 1.54) is 6.07 Å². The molecule has 0 bridgehead atoms. The van der Waals surface area contributed by atoms with Crippen LogP contribution in [0.15, 0.2) is 43.0 Å². The fraction of sp³-hybridized carbons (Fsp3) is 0.321. The molecule has 4 rings (SSSR count). The zero-order valence-electron chi connectivity index (χ0n) is 22.1. The van der Waals surface area contributed by atoms with Crippen LogP contribution in [0.5, 0.6) is 0 Å². The summed E-state index contributed by atoms with van der Waals surface area (Å²) in [4.78, 5) is 23.4. The van der Waals surface area contributed by atoms with Gasteiger partial charge in [-0.3, -0.25) is 0 Å². The minimum absolute atomic E-state index is 0.0998. The van der Waals surface area contributed by atoms with Crippen LogP contribution in [0.3, 0.4) is 0 Å². The molecular formula is C28H33F2N7O. The molecule has 200 valence electrons. The van der Waals surface area contributed by atoms with Crippen LogP contribution >= 0.6 is 0 Å². The van der Waals surface area contributed by atoms with Crippen LogP contribution in [-0.4, -0.2) is 42.2 Å². The summed E-state index contributed by atoms with van der Waals surface area (Å²) in [5, 5.41) is 12.4. The molecule has 1 aliphatic heterocycles. The van der Waals surface area contributed by atoms with E-state index >= 15 is 0 Å². The molecule has 1 atom stereocenters. The maximum Gasteiger partial charge on any atom is 0.328 e. The van der Waals surface area contributed by atoms with Gasteiger partial charge in [0.05, 0.1) is 12.2 Å². The summed E-state index contributed by atoms with van der Waals surface area (Å²) in [5.41, 5.74) is 3.93. The Kier molecular flexibility index (Phi) is 8.21. The number of hydrogen-bond acceptors (Lipinski definition) is 6. The summed E-state index contributed by atoms with van der Waals surface area (Å²) in [5.74, 6) is -1.37. The quantitative estimate of drug-likeness (QED) is 0.278. The van der Waals surface area contributed by atoms with Gasteiger partial charge in [0.1, 0.15) is 17.3 Å². The van der Waals surface area contributed by atoms with Crippen molar-refractivity contribution in [1.82, 2.24) is 25.9 Å². The first-order valence-electron chi connectivity index (χ1n) is 12.6. The lowest BCUT2D eigenvalue weighted by molar-refractivity contribution is 0.246. The lowest BCUT2D eigenvalue weighted by Crippen LogP contribution is -2.43. The molecule has 0 aliphatic carbocycles. The molecule has 8 nitrogen and oxygen atoms in total. The van der Waals surface area contributed by atoms with Crippen molar-refractivity contribution in [2.45, 2.75) is 39.8 Å². The van der Waals surface area contributed by atoms with Gasteiger partial charge in [0.25, 0.3) is 0 Å². The van der Waals surface area contributed by atoms with Crippen molar-refractivity contribution in [2.24, 2.45) is 0 Å². The number of anilines is 3. The van der Waals surface area contributed by atoms with E-state index in [2.05, 4.69) is 46.7 Å². The van der Waals surface area contributed by atoms with Crippen LogP contribution in [-0.2, 0) is 6.54 Å². The monoisotopic (exact) mass is 521 g/mol. The summed E-state index contributed by atoms with van der Waals surface area (Å²) >= 11 is 0. The number of aryl methyl sites for hydroxylation is 1. The predicted molar refractivity (Wildman–Crippen MR) is 147 cm³/mol. The van der Waals surface area contributed by atoms with Crippen LogP contribution in [0.4, 0.5) is 31.0 Å². The Morgan fingerprint density at radius 3 is 2.61 bits per heavy atom. The van der Waals surface area contributed by atoms with Gasteiger partial charge in [-0.25, -0.2) is 23.5 Å². The number of fused-ring (bicyclic) bond motifs is 1. The third kappa shape index (κ3) is 5.45. The molecule has 1 aliphatic rings. The van der Waals surface area contributed by atoms with Gasteiger partial charge in [-0.05, 0) is 49.6 Å². The number of rotatable bonds is 10. The van der Waals surface area contributed by atoms with Crippen LogP contribution in [0.25, 0.3) is 17.0 Å². The highest BCUT2D eigenvalue weighted by molar-refractivity contribution is 6.02. The summed E-state index contributed by atoms with van der Waals surface area (Å²) in [6.45, 7) is 11.5.